The SMILES string of the molecule is NC(=S)c1cccc(NS(=O)(=O)c2ccc(F)cc2)c1. The van der Waals surface area contributed by atoms with Crippen molar-refractivity contribution in [3.05, 3.63) is 59.9 Å². The van der Waals surface area contributed by atoms with Gasteiger partial charge in [-0.1, -0.05) is 24.4 Å². The van der Waals surface area contributed by atoms with Gasteiger partial charge in [0.25, 0.3) is 10.0 Å². The van der Waals surface area contributed by atoms with Crippen molar-refractivity contribution in [3.8, 4) is 0 Å². The predicted octanol–water partition coefficient (Wildman–Crippen LogP) is 2.26. The number of sulfonamides is 1. The second-order valence-electron chi connectivity index (χ2n) is 4.00. The van der Waals surface area contributed by atoms with Crippen LogP contribution in [-0.2, 0) is 10.0 Å². The van der Waals surface area contributed by atoms with Crippen LogP contribution in [-0.4, -0.2) is 13.4 Å². The number of anilines is 1. The second kappa shape index (κ2) is 5.56. The standard InChI is InChI=1S/C13H11FN2O2S2/c14-10-4-6-12(7-5-10)20(17,18)16-11-3-1-2-9(8-11)13(15)19/h1-8,16H,(H2,15,19). The first-order valence-corrected chi connectivity index (χ1v) is 7.46. The van der Waals surface area contributed by atoms with E-state index >= 15 is 0 Å². The number of hydrogen-bond acceptors (Lipinski definition) is 3. The molecular weight excluding hydrogens is 299 g/mol. The Hall–Kier alpha value is -1.99. The smallest absolute Gasteiger partial charge is 0.261 e. The van der Waals surface area contributed by atoms with E-state index in [1.165, 1.54) is 18.2 Å². The first-order valence-electron chi connectivity index (χ1n) is 5.57. The molecule has 0 fully saturated rings. The minimum absolute atomic E-state index is 0.0281. The van der Waals surface area contributed by atoms with Crippen LogP contribution in [0.2, 0.25) is 0 Å². The quantitative estimate of drug-likeness (QED) is 0.850. The van der Waals surface area contributed by atoms with Crippen LogP contribution in [0.25, 0.3) is 0 Å². The van der Waals surface area contributed by atoms with Crippen LogP contribution < -0.4 is 10.5 Å². The van der Waals surface area contributed by atoms with Crippen LogP contribution in [0.5, 0.6) is 0 Å². The summed E-state index contributed by atoms with van der Waals surface area (Å²) in [6, 6.07) is 11.0. The molecule has 0 bridgehead atoms. The third-order valence-electron chi connectivity index (χ3n) is 2.52. The highest BCUT2D eigenvalue weighted by Gasteiger charge is 2.14. The van der Waals surface area contributed by atoms with Crippen molar-refractivity contribution in [2.45, 2.75) is 4.90 Å². The average Bonchev–Trinajstić information content (AvgIpc) is 2.39. The number of benzene rings is 2. The molecule has 3 N–H and O–H groups in total. The van der Waals surface area contributed by atoms with Gasteiger partial charge in [-0.2, -0.15) is 0 Å². The highest BCUT2D eigenvalue weighted by Crippen LogP contribution is 2.17. The molecule has 104 valence electrons. The molecule has 4 nitrogen and oxygen atoms in total. The second-order valence-corrected chi connectivity index (χ2v) is 6.13. The van der Waals surface area contributed by atoms with Crippen molar-refractivity contribution in [3.63, 3.8) is 0 Å². The summed E-state index contributed by atoms with van der Waals surface area (Å²) in [6.07, 6.45) is 0. The number of halogens is 1. The molecular formula is C13H11FN2O2S2. The van der Waals surface area contributed by atoms with Gasteiger partial charge in [-0.3, -0.25) is 4.72 Å². The zero-order valence-electron chi connectivity index (χ0n) is 10.2. The van der Waals surface area contributed by atoms with E-state index in [4.69, 9.17) is 18.0 Å². The largest absolute Gasteiger partial charge is 0.389 e. The molecule has 7 heteroatoms. The molecule has 0 aliphatic rings. The summed E-state index contributed by atoms with van der Waals surface area (Å²) in [7, 11) is -3.77. The maximum atomic E-state index is 12.8. The summed E-state index contributed by atoms with van der Waals surface area (Å²) in [4.78, 5) is 0.146. The van der Waals surface area contributed by atoms with E-state index in [-0.39, 0.29) is 9.88 Å². The Bertz CT molecular complexity index is 743. The lowest BCUT2D eigenvalue weighted by molar-refractivity contribution is 0.599. The van der Waals surface area contributed by atoms with Gasteiger partial charge in [0, 0.05) is 11.3 Å². The first-order chi connectivity index (χ1) is 9.38. The highest BCUT2D eigenvalue weighted by molar-refractivity contribution is 7.92. The van der Waals surface area contributed by atoms with E-state index in [1.54, 1.807) is 18.2 Å². The van der Waals surface area contributed by atoms with E-state index in [0.29, 0.717) is 11.3 Å². The summed E-state index contributed by atoms with van der Waals surface area (Å²) >= 11 is 4.83. The van der Waals surface area contributed by atoms with Gasteiger partial charge in [-0.25, -0.2) is 12.8 Å². The van der Waals surface area contributed by atoms with E-state index in [0.717, 1.165) is 12.1 Å². The van der Waals surface area contributed by atoms with Crippen LogP contribution in [0.1, 0.15) is 5.56 Å². The average molecular weight is 310 g/mol. The van der Waals surface area contributed by atoms with Crippen LogP contribution in [0.4, 0.5) is 10.1 Å². The molecule has 2 rings (SSSR count). The molecule has 0 heterocycles. The van der Waals surface area contributed by atoms with Gasteiger partial charge in [0.05, 0.1) is 4.90 Å². The maximum Gasteiger partial charge on any atom is 0.261 e. The van der Waals surface area contributed by atoms with E-state index in [2.05, 4.69) is 4.72 Å². The fourth-order valence-corrected chi connectivity index (χ4v) is 2.74. The number of nitrogens with two attached hydrogens (primary N) is 1. The molecule has 0 radical (unpaired) electrons. The number of hydrogen-bond donors (Lipinski definition) is 2. The number of thiocarbonyl (C=S) groups is 1. The maximum absolute atomic E-state index is 12.8. The summed E-state index contributed by atoms with van der Waals surface area (Å²) in [5.74, 6) is -0.501. The molecule has 20 heavy (non-hydrogen) atoms. The summed E-state index contributed by atoms with van der Waals surface area (Å²) < 4.78 is 39.4. The van der Waals surface area contributed by atoms with Crippen molar-refractivity contribution < 1.29 is 12.8 Å². The lowest BCUT2D eigenvalue weighted by Crippen LogP contribution is -2.14. The Morgan fingerprint density at radius 3 is 2.40 bits per heavy atom. The van der Waals surface area contributed by atoms with Gasteiger partial charge in [0.15, 0.2) is 0 Å². The summed E-state index contributed by atoms with van der Waals surface area (Å²) in [6.45, 7) is 0. The van der Waals surface area contributed by atoms with Crippen LogP contribution in [0, 0.1) is 5.82 Å². The third-order valence-corrected chi connectivity index (χ3v) is 4.16. The van der Waals surface area contributed by atoms with Gasteiger partial charge < -0.3 is 5.73 Å². The Morgan fingerprint density at radius 1 is 1.15 bits per heavy atom. The molecule has 0 spiro atoms. The van der Waals surface area contributed by atoms with Gasteiger partial charge in [0.1, 0.15) is 10.8 Å². The van der Waals surface area contributed by atoms with Crippen LogP contribution in [0.15, 0.2) is 53.4 Å². The molecule has 0 unspecified atom stereocenters. The monoisotopic (exact) mass is 310 g/mol. The van der Waals surface area contributed by atoms with Gasteiger partial charge in [0.2, 0.25) is 0 Å². The van der Waals surface area contributed by atoms with Crippen molar-refractivity contribution in [1.82, 2.24) is 0 Å². The molecule has 2 aromatic carbocycles. The molecule has 0 saturated heterocycles. The number of nitrogens with one attached hydrogen (secondary N) is 1. The molecule has 0 aliphatic heterocycles. The molecule has 0 amide bonds. The van der Waals surface area contributed by atoms with Crippen LogP contribution >= 0.6 is 12.2 Å². The van der Waals surface area contributed by atoms with Crippen molar-refractivity contribution in [2.75, 3.05) is 4.72 Å². The van der Waals surface area contributed by atoms with E-state index in [1.807, 2.05) is 0 Å². The van der Waals surface area contributed by atoms with Crippen molar-refractivity contribution in [2.24, 2.45) is 5.73 Å². The molecule has 0 atom stereocenters. The summed E-state index contributed by atoms with van der Waals surface area (Å²) in [5.41, 5.74) is 6.37. The fourth-order valence-electron chi connectivity index (χ4n) is 1.56. The number of rotatable bonds is 4. The minimum Gasteiger partial charge on any atom is -0.389 e. The zero-order chi connectivity index (χ0) is 14.8. The first kappa shape index (κ1) is 14.4. The normalized spacial score (nSPS) is 11.1. The van der Waals surface area contributed by atoms with Crippen LogP contribution in [0.3, 0.4) is 0 Å². The van der Waals surface area contributed by atoms with E-state index < -0.39 is 15.8 Å². The van der Waals surface area contributed by atoms with Gasteiger partial charge in [-0.05, 0) is 36.4 Å². The van der Waals surface area contributed by atoms with Crippen molar-refractivity contribution >= 4 is 32.9 Å². The third kappa shape index (κ3) is 3.31. The molecule has 0 saturated carbocycles. The Labute approximate surface area is 121 Å². The summed E-state index contributed by atoms with van der Waals surface area (Å²) in [5, 5.41) is 0. The molecule has 0 aromatic heterocycles. The Kier molecular flexibility index (Phi) is 4.01. The minimum atomic E-state index is -3.77. The van der Waals surface area contributed by atoms with Crippen molar-refractivity contribution in [1.29, 1.82) is 0 Å². The van der Waals surface area contributed by atoms with Gasteiger partial charge in [-0.15, -0.1) is 0 Å². The lowest BCUT2D eigenvalue weighted by Gasteiger charge is -2.09. The van der Waals surface area contributed by atoms with Gasteiger partial charge >= 0.3 is 0 Å². The highest BCUT2D eigenvalue weighted by atomic mass is 32.2. The Morgan fingerprint density at radius 2 is 1.80 bits per heavy atom. The zero-order valence-corrected chi connectivity index (χ0v) is 11.8. The molecule has 0 aliphatic carbocycles. The predicted molar refractivity (Wildman–Crippen MR) is 79.5 cm³/mol. The topological polar surface area (TPSA) is 72.2 Å². The fraction of sp³-hybridized carbons (Fsp3) is 0. The Balaban J connectivity index is 2.31. The lowest BCUT2D eigenvalue weighted by atomic mass is 10.2. The van der Waals surface area contributed by atoms with E-state index in [9.17, 15) is 12.8 Å². The molecule has 2 aromatic rings.